The van der Waals surface area contributed by atoms with E-state index in [-0.39, 0.29) is 5.82 Å². The van der Waals surface area contributed by atoms with Crippen molar-refractivity contribution in [2.45, 2.75) is 45.1 Å². The average Bonchev–Trinajstić information content (AvgIpc) is 2.48. The zero-order valence-electron chi connectivity index (χ0n) is 12.7. The molecular weight excluding hydrogens is 251 g/mol. The number of hydrogen-bond donors (Lipinski definition) is 1. The maximum atomic E-state index is 13.0. The number of halogens is 1. The van der Waals surface area contributed by atoms with Crippen molar-refractivity contribution in [1.29, 1.82) is 0 Å². The molecule has 0 aliphatic heterocycles. The molecule has 1 aromatic rings. The normalized spacial score (nSPS) is 17.9. The van der Waals surface area contributed by atoms with E-state index in [0.29, 0.717) is 6.04 Å². The van der Waals surface area contributed by atoms with Crippen molar-refractivity contribution in [3.63, 3.8) is 0 Å². The van der Waals surface area contributed by atoms with Crippen molar-refractivity contribution in [2.24, 2.45) is 5.92 Å². The minimum absolute atomic E-state index is 0.169. The second kappa shape index (κ2) is 7.63. The van der Waals surface area contributed by atoms with Crippen LogP contribution in [0.25, 0.3) is 0 Å². The van der Waals surface area contributed by atoms with Gasteiger partial charge in [0.15, 0.2) is 0 Å². The number of benzene rings is 1. The highest BCUT2D eigenvalue weighted by molar-refractivity contribution is 5.45. The molecule has 20 heavy (non-hydrogen) atoms. The van der Waals surface area contributed by atoms with E-state index >= 15 is 0 Å². The van der Waals surface area contributed by atoms with Gasteiger partial charge in [0.25, 0.3) is 0 Å². The summed E-state index contributed by atoms with van der Waals surface area (Å²) in [5.41, 5.74) is 1.09. The molecule has 0 heterocycles. The van der Waals surface area contributed by atoms with Gasteiger partial charge >= 0.3 is 0 Å². The predicted octanol–water partition coefficient (Wildman–Crippen LogP) is 3.82. The second-order valence-corrected chi connectivity index (χ2v) is 5.92. The molecule has 1 aromatic carbocycles. The first-order valence-corrected chi connectivity index (χ1v) is 7.90. The molecule has 0 amide bonds. The maximum absolute atomic E-state index is 13.0. The molecule has 1 saturated carbocycles. The summed E-state index contributed by atoms with van der Waals surface area (Å²) in [6, 6.07) is 7.33. The Morgan fingerprint density at radius 1 is 1.20 bits per heavy atom. The van der Waals surface area contributed by atoms with Gasteiger partial charge in [-0.1, -0.05) is 26.2 Å². The smallest absolute Gasteiger partial charge is 0.123 e. The third-order valence-electron chi connectivity index (χ3n) is 4.42. The van der Waals surface area contributed by atoms with Crippen LogP contribution in [0.1, 0.15) is 39.0 Å². The number of anilines is 1. The molecule has 0 aromatic heterocycles. The van der Waals surface area contributed by atoms with Gasteiger partial charge in [0.05, 0.1) is 0 Å². The molecule has 112 valence electrons. The van der Waals surface area contributed by atoms with Crippen molar-refractivity contribution in [3.05, 3.63) is 30.1 Å². The molecule has 0 radical (unpaired) electrons. The summed E-state index contributed by atoms with van der Waals surface area (Å²) in [6.45, 7) is 4.18. The highest BCUT2D eigenvalue weighted by Gasteiger charge is 2.24. The topological polar surface area (TPSA) is 15.3 Å². The monoisotopic (exact) mass is 278 g/mol. The SMILES string of the molecule is CCNC(CN(C)c1ccc(F)cc1)C1CCCCC1. The van der Waals surface area contributed by atoms with E-state index in [0.717, 1.165) is 24.7 Å². The van der Waals surface area contributed by atoms with Gasteiger partial charge in [0.1, 0.15) is 5.82 Å². The summed E-state index contributed by atoms with van der Waals surface area (Å²) in [4.78, 5) is 2.24. The number of hydrogen-bond acceptors (Lipinski definition) is 2. The Balaban J connectivity index is 1.97. The fourth-order valence-electron chi connectivity index (χ4n) is 3.28. The quantitative estimate of drug-likeness (QED) is 0.851. The molecule has 2 nitrogen and oxygen atoms in total. The Kier molecular flexibility index (Phi) is 5.84. The van der Waals surface area contributed by atoms with E-state index in [4.69, 9.17) is 0 Å². The van der Waals surface area contributed by atoms with Crippen LogP contribution >= 0.6 is 0 Å². The van der Waals surface area contributed by atoms with Crippen molar-refractivity contribution in [1.82, 2.24) is 5.32 Å². The van der Waals surface area contributed by atoms with Gasteiger partial charge in [-0.25, -0.2) is 4.39 Å². The lowest BCUT2D eigenvalue weighted by atomic mass is 9.83. The largest absolute Gasteiger partial charge is 0.373 e. The average molecular weight is 278 g/mol. The number of nitrogens with one attached hydrogen (secondary N) is 1. The first kappa shape index (κ1) is 15.3. The van der Waals surface area contributed by atoms with Crippen LogP contribution in [-0.2, 0) is 0 Å². The highest BCUT2D eigenvalue weighted by atomic mass is 19.1. The van der Waals surface area contributed by atoms with Gasteiger partial charge in [-0.2, -0.15) is 0 Å². The number of likely N-dealkylation sites (N-methyl/N-ethyl adjacent to an activating group) is 2. The number of nitrogens with zero attached hydrogens (tertiary/aromatic N) is 1. The molecule has 3 heteroatoms. The van der Waals surface area contributed by atoms with Gasteiger partial charge in [-0.05, 0) is 49.6 Å². The third-order valence-corrected chi connectivity index (χ3v) is 4.42. The van der Waals surface area contributed by atoms with Crippen LogP contribution in [0.5, 0.6) is 0 Å². The van der Waals surface area contributed by atoms with E-state index in [1.807, 2.05) is 12.1 Å². The lowest BCUT2D eigenvalue weighted by molar-refractivity contribution is 0.273. The van der Waals surface area contributed by atoms with Crippen LogP contribution in [0.15, 0.2) is 24.3 Å². The van der Waals surface area contributed by atoms with E-state index in [2.05, 4.69) is 24.2 Å². The minimum atomic E-state index is -0.169. The molecular formula is C17H27FN2. The van der Waals surface area contributed by atoms with Gasteiger partial charge < -0.3 is 10.2 Å². The zero-order chi connectivity index (χ0) is 14.4. The van der Waals surface area contributed by atoms with Crippen molar-refractivity contribution in [2.75, 3.05) is 25.0 Å². The molecule has 1 unspecified atom stereocenters. The predicted molar refractivity (Wildman–Crippen MR) is 83.7 cm³/mol. The van der Waals surface area contributed by atoms with Crippen molar-refractivity contribution >= 4 is 5.69 Å². The molecule has 0 bridgehead atoms. The number of rotatable bonds is 6. The Morgan fingerprint density at radius 2 is 1.85 bits per heavy atom. The Labute approximate surface area is 122 Å². The summed E-state index contributed by atoms with van der Waals surface area (Å²) >= 11 is 0. The third kappa shape index (κ3) is 4.20. The van der Waals surface area contributed by atoms with Gasteiger partial charge in [0, 0.05) is 25.3 Å². The fourth-order valence-corrected chi connectivity index (χ4v) is 3.28. The van der Waals surface area contributed by atoms with Gasteiger partial charge in [-0.3, -0.25) is 0 Å². The lowest BCUT2D eigenvalue weighted by Gasteiger charge is -2.34. The fraction of sp³-hybridized carbons (Fsp3) is 0.647. The molecule has 1 fully saturated rings. The van der Waals surface area contributed by atoms with E-state index in [1.54, 1.807) is 0 Å². The highest BCUT2D eigenvalue weighted by Crippen LogP contribution is 2.27. The summed E-state index contributed by atoms with van der Waals surface area (Å²) in [6.07, 6.45) is 6.81. The van der Waals surface area contributed by atoms with Gasteiger partial charge in [0.2, 0.25) is 0 Å². The molecule has 1 aliphatic carbocycles. The Bertz CT molecular complexity index is 384. The van der Waals surface area contributed by atoms with Crippen LogP contribution in [0.2, 0.25) is 0 Å². The van der Waals surface area contributed by atoms with E-state index in [1.165, 1.54) is 44.2 Å². The maximum Gasteiger partial charge on any atom is 0.123 e. The Hall–Kier alpha value is -1.09. The standard InChI is InChI=1S/C17H27FN2/c1-3-19-17(14-7-5-4-6-8-14)13-20(2)16-11-9-15(18)10-12-16/h9-12,14,17,19H,3-8,13H2,1-2H3. The summed E-state index contributed by atoms with van der Waals surface area (Å²) in [5, 5.41) is 3.65. The first-order valence-electron chi connectivity index (χ1n) is 7.90. The Morgan fingerprint density at radius 3 is 2.45 bits per heavy atom. The van der Waals surface area contributed by atoms with Crippen LogP contribution in [0.4, 0.5) is 10.1 Å². The second-order valence-electron chi connectivity index (χ2n) is 5.92. The zero-order valence-corrected chi connectivity index (χ0v) is 12.7. The molecule has 1 atom stereocenters. The van der Waals surface area contributed by atoms with Crippen molar-refractivity contribution in [3.8, 4) is 0 Å². The summed E-state index contributed by atoms with van der Waals surface area (Å²) in [5.74, 6) is 0.615. The van der Waals surface area contributed by atoms with E-state index < -0.39 is 0 Å². The summed E-state index contributed by atoms with van der Waals surface area (Å²) < 4.78 is 13.0. The van der Waals surface area contributed by atoms with E-state index in [9.17, 15) is 4.39 Å². The van der Waals surface area contributed by atoms with Crippen LogP contribution in [-0.4, -0.2) is 26.2 Å². The molecule has 2 rings (SSSR count). The van der Waals surface area contributed by atoms with Gasteiger partial charge in [-0.15, -0.1) is 0 Å². The van der Waals surface area contributed by atoms with Crippen LogP contribution in [0.3, 0.4) is 0 Å². The molecule has 0 saturated heterocycles. The summed E-state index contributed by atoms with van der Waals surface area (Å²) in [7, 11) is 2.10. The van der Waals surface area contributed by atoms with Crippen LogP contribution < -0.4 is 10.2 Å². The molecule has 0 spiro atoms. The first-order chi connectivity index (χ1) is 9.70. The lowest BCUT2D eigenvalue weighted by Crippen LogP contribution is -2.45. The minimum Gasteiger partial charge on any atom is -0.373 e. The van der Waals surface area contributed by atoms with Crippen molar-refractivity contribution < 1.29 is 4.39 Å². The molecule has 1 N–H and O–H groups in total. The molecule has 1 aliphatic rings. The van der Waals surface area contributed by atoms with Crippen LogP contribution in [0, 0.1) is 11.7 Å².